The molecule has 1 aliphatic heterocycles. The quantitative estimate of drug-likeness (QED) is 0.520. The summed E-state index contributed by atoms with van der Waals surface area (Å²) in [6, 6.07) is 3.41. The van der Waals surface area contributed by atoms with Crippen molar-refractivity contribution in [3.05, 3.63) is 61.7 Å². The van der Waals surface area contributed by atoms with Crippen LogP contribution in [0.25, 0.3) is 22.3 Å². The Kier molecular flexibility index (Phi) is 4.94. The molecule has 0 amide bonds. The third-order valence-corrected chi connectivity index (χ3v) is 6.87. The topological polar surface area (TPSA) is 64.4 Å². The van der Waals surface area contributed by atoms with E-state index in [2.05, 4.69) is 0 Å². The van der Waals surface area contributed by atoms with Crippen LogP contribution in [-0.2, 0) is 30.7 Å². The van der Waals surface area contributed by atoms with Crippen LogP contribution in [0.3, 0.4) is 0 Å². The van der Waals surface area contributed by atoms with Gasteiger partial charge in [-0.15, -0.1) is 0 Å². The number of fused-ring (bicyclic) bond motifs is 4. The molecule has 0 fully saturated rings. The van der Waals surface area contributed by atoms with Crippen LogP contribution in [0.5, 0.6) is 0 Å². The maximum absolute atomic E-state index is 14.6. The highest BCUT2D eigenvalue weighted by Crippen LogP contribution is 2.41. The van der Waals surface area contributed by atoms with E-state index >= 15 is 0 Å². The summed E-state index contributed by atoms with van der Waals surface area (Å²) in [4.78, 5) is 18.3. The molecule has 3 heterocycles. The minimum atomic E-state index is -0.733. The minimum absolute atomic E-state index is 0.142. The standard InChI is InChI=1S/C25H27FN2O3/c1-4-6-22(29)16-9-21-24-17(11-28(21)25(30)18(16)12-31-3)15-8-5-7-14-13(2)19(26)10-20(27-24)23(14)15/h9-10,22,29H,4-8,11-12H2,1-3H3. The van der Waals surface area contributed by atoms with E-state index in [1.165, 1.54) is 11.6 Å². The second kappa shape index (κ2) is 7.53. The monoisotopic (exact) mass is 422 g/mol. The number of benzene rings is 1. The van der Waals surface area contributed by atoms with Gasteiger partial charge < -0.3 is 14.4 Å². The molecule has 31 heavy (non-hydrogen) atoms. The summed E-state index contributed by atoms with van der Waals surface area (Å²) in [7, 11) is 1.55. The van der Waals surface area contributed by atoms with Crippen molar-refractivity contribution in [2.24, 2.45) is 0 Å². The first kappa shape index (κ1) is 20.3. The molecule has 3 aromatic rings. The van der Waals surface area contributed by atoms with Gasteiger partial charge >= 0.3 is 0 Å². The number of hydrogen-bond donors (Lipinski definition) is 1. The average Bonchev–Trinajstić information content (AvgIpc) is 3.13. The average molecular weight is 423 g/mol. The highest BCUT2D eigenvalue weighted by atomic mass is 19.1. The Balaban J connectivity index is 1.80. The highest BCUT2D eigenvalue weighted by Gasteiger charge is 2.31. The van der Waals surface area contributed by atoms with E-state index in [0.29, 0.717) is 40.9 Å². The van der Waals surface area contributed by atoms with E-state index in [9.17, 15) is 14.3 Å². The Hall–Kier alpha value is -2.57. The third kappa shape index (κ3) is 2.96. The summed E-state index contributed by atoms with van der Waals surface area (Å²) in [6.45, 7) is 4.45. The van der Waals surface area contributed by atoms with Gasteiger partial charge in [-0.25, -0.2) is 9.37 Å². The first-order valence-corrected chi connectivity index (χ1v) is 11.0. The van der Waals surface area contributed by atoms with E-state index in [1.807, 2.05) is 19.9 Å². The maximum atomic E-state index is 14.6. The number of nitrogens with zero attached hydrogens (tertiary/aromatic N) is 2. The van der Waals surface area contributed by atoms with Crippen molar-refractivity contribution in [3.8, 4) is 11.4 Å². The fourth-order valence-electron chi connectivity index (χ4n) is 5.34. The minimum Gasteiger partial charge on any atom is -0.388 e. The van der Waals surface area contributed by atoms with E-state index in [4.69, 9.17) is 9.72 Å². The van der Waals surface area contributed by atoms with Gasteiger partial charge in [-0.1, -0.05) is 13.3 Å². The zero-order chi connectivity index (χ0) is 21.9. The van der Waals surface area contributed by atoms with Gasteiger partial charge in [0.1, 0.15) is 5.82 Å². The van der Waals surface area contributed by atoms with Crippen LogP contribution in [0.4, 0.5) is 4.39 Å². The van der Waals surface area contributed by atoms with Gasteiger partial charge in [0.05, 0.1) is 36.2 Å². The molecule has 1 aromatic carbocycles. The largest absolute Gasteiger partial charge is 0.388 e. The lowest BCUT2D eigenvalue weighted by molar-refractivity contribution is 0.152. The van der Waals surface area contributed by atoms with E-state index in [-0.39, 0.29) is 18.0 Å². The molecule has 0 saturated carbocycles. The summed E-state index contributed by atoms with van der Waals surface area (Å²) in [5.74, 6) is -0.229. The summed E-state index contributed by atoms with van der Waals surface area (Å²) in [6.07, 6.45) is 3.35. The fraction of sp³-hybridized carbons (Fsp3) is 0.440. The van der Waals surface area contributed by atoms with Gasteiger partial charge in [0.25, 0.3) is 5.56 Å². The molecule has 2 aliphatic rings. The number of aliphatic hydroxyl groups excluding tert-OH is 1. The summed E-state index contributed by atoms with van der Waals surface area (Å²) in [5, 5.41) is 11.8. The van der Waals surface area contributed by atoms with Crippen molar-refractivity contribution >= 4 is 10.9 Å². The Labute approximate surface area is 180 Å². The molecule has 2 aromatic heterocycles. The second-order valence-electron chi connectivity index (χ2n) is 8.72. The first-order valence-electron chi connectivity index (χ1n) is 11.0. The van der Waals surface area contributed by atoms with Crippen LogP contribution in [0.1, 0.15) is 65.7 Å². The zero-order valence-corrected chi connectivity index (χ0v) is 18.2. The van der Waals surface area contributed by atoms with Crippen LogP contribution in [0.2, 0.25) is 0 Å². The van der Waals surface area contributed by atoms with Crippen molar-refractivity contribution in [3.63, 3.8) is 0 Å². The lowest BCUT2D eigenvalue weighted by atomic mass is 9.85. The van der Waals surface area contributed by atoms with Crippen LogP contribution < -0.4 is 5.56 Å². The van der Waals surface area contributed by atoms with Gasteiger partial charge in [0.2, 0.25) is 0 Å². The highest BCUT2D eigenvalue weighted by molar-refractivity contribution is 5.92. The number of aliphatic hydroxyl groups is 1. The number of rotatable bonds is 5. The van der Waals surface area contributed by atoms with Crippen molar-refractivity contribution < 1.29 is 14.2 Å². The predicted octanol–water partition coefficient (Wildman–Crippen LogP) is 4.34. The lowest BCUT2D eigenvalue weighted by Crippen LogP contribution is -2.26. The third-order valence-electron chi connectivity index (χ3n) is 6.87. The Bertz CT molecular complexity index is 1280. The van der Waals surface area contributed by atoms with Gasteiger partial charge in [-0.2, -0.15) is 0 Å². The van der Waals surface area contributed by atoms with E-state index < -0.39 is 6.10 Å². The fourth-order valence-corrected chi connectivity index (χ4v) is 5.34. The van der Waals surface area contributed by atoms with Crippen LogP contribution in [0.15, 0.2) is 16.9 Å². The van der Waals surface area contributed by atoms with Gasteiger partial charge in [0, 0.05) is 29.7 Å². The first-order chi connectivity index (χ1) is 15.0. The van der Waals surface area contributed by atoms with Crippen molar-refractivity contribution in [1.82, 2.24) is 9.55 Å². The molecule has 1 aliphatic carbocycles. The molecule has 6 heteroatoms. The number of halogens is 1. The molecule has 0 spiro atoms. The Morgan fingerprint density at radius 2 is 2.03 bits per heavy atom. The number of ether oxygens (including phenoxy) is 1. The molecule has 1 N–H and O–H groups in total. The van der Waals surface area contributed by atoms with Crippen molar-refractivity contribution in [1.29, 1.82) is 0 Å². The van der Waals surface area contributed by atoms with Crippen LogP contribution >= 0.6 is 0 Å². The molecule has 5 rings (SSSR count). The molecule has 0 radical (unpaired) electrons. The number of hydrogen-bond acceptors (Lipinski definition) is 4. The second-order valence-corrected chi connectivity index (χ2v) is 8.72. The molecule has 0 saturated heterocycles. The number of aromatic nitrogens is 2. The number of pyridine rings is 2. The molecular weight excluding hydrogens is 395 g/mol. The van der Waals surface area contributed by atoms with Crippen molar-refractivity contribution in [2.45, 2.75) is 65.2 Å². The normalized spacial score (nSPS) is 15.3. The number of aryl methyl sites for hydroxylation is 2. The smallest absolute Gasteiger partial charge is 0.257 e. The van der Waals surface area contributed by atoms with E-state index in [0.717, 1.165) is 47.9 Å². The van der Waals surface area contributed by atoms with Crippen molar-refractivity contribution in [2.75, 3.05) is 7.11 Å². The molecule has 0 bridgehead atoms. The molecule has 1 atom stereocenters. The summed E-state index contributed by atoms with van der Waals surface area (Å²) in [5.41, 5.74) is 7.07. The molecule has 162 valence electrons. The Morgan fingerprint density at radius 3 is 2.77 bits per heavy atom. The number of methoxy groups -OCH3 is 1. The summed E-state index contributed by atoms with van der Waals surface area (Å²) < 4.78 is 21.6. The molecular formula is C25H27FN2O3. The molecule has 1 unspecified atom stereocenters. The zero-order valence-electron chi connectivity index (χ0n) is 18.2. The van der Waals surface area contributed by atoms with Crippen LogP contribution in [0, 0.1) is 12.7 Å². The van der Waals surface area contributed by atoms with Gasteiger partial charge in [-0.05, 0) is 60.9 Å². The SMILES string of the molecule is CCCC(O)c1cc2n(c(=O)c1COC)Cc1c-2nc2cc(F)c(C)c3c2c1CCC3. The van der Waals surface area contributed by atoms with Gasteiger partial charge in [0.15, 0.2) is 0 Å². The predicted molar refractivity (Wildman–Crippen MR) is 118 cm³/mol. The van der Waals surface area contributed by atoms with Gasteiger partial charge in [-0.3, -0.25) is 4.79 Å². The van der Waals surface area contributed by atoms with Crippen LogP contribution in [-0.4, -0.2) is 21.8 Å². The maximum Gasteiger partial charge on any atom is 0.257 e. The van der Waals surface area contributed by atoms with E-state index in [1.54, 1.807) is 11.7 Å². The molecule has 5 nitrogen and oxygen atoms in total. The Morgan fingerprint density at radius 1 is 1.26 bits per heavy atom. The summed E-state index contributed by atoms with van der Waals surface area (Å²) >= 11 is 0. The lowest BCUT2D eigenvalue weighted by Gasteiger charge is -2.22.